The number of carboxylic acid groups (broad SMARTS) is 1. The topological polar surface area (TPSA) is 89.3 Å². The van der Waals surface area contributed by atoms with E-state index in [2.05, 4.69) is 5.10 Å². The quantitative estimate of drug-likeness (QED) is 0.754. The molecule has 0 atom stereocenters. The molecule has 0 unspecified atom stereocenters. The number of carbonyl (C=O) groups is 1. The summed E-state index contributed by atoms with van der Waals surface area (Å²) in [5, 5.41) is 12.6. The maximum atomic E-state index is 11.0. The normalized spacial score (nSPS) is 19.7. The van der Waals surface area contributed by atoms with Gasteiger partial charge in [-0.3, -0.25) is 9.48 Å². The second-order valence-electron chi connectivity index (χ2n) is 3.57. The minimum atomic E-state index is -2.91. The number of nitrogens with zero attached hydrogens (tertiary/aromatic N) is 2. The van der Waals surface area contributed by atoms with E-state index in [9.17, 15) is 13.2 Å². The monoisotopic (exact) mass is 230 g/mol. The van der Waals surface area contributed by atoms with Gasteiger partial charge in [-0.15, -0.1) is 0 Å². The molecule has 0 aliphatic carbocycles. The molecule has 1 fully saturated rings. The summed E-state index contributed by atoms with van der Waals surface area (Å²) in [6.07, 6.45) is 1.36. The van der Waals surface area contributed by atoms with Crippen molar-refractivity contribution in [2.24, 2.45) is 0 Å². The Labute approximate surface area is 86.4 Å². The van der Waals surface area contributed by atoms with Crippen molar-refractivity contribution in [1.82, 2.24) is 9.78 Å². The van der Waals surface area contributed by atoms with Gasteiger partial charge < -0.3 is 5.11 Å². The second kappa shape index (κ2) is 3.34. The molecule has 1 saturated heterocycles. The summed E-state index contributed by atoms with van der Waals surface area (Å²) in [4.78, 5) is 10.5. The van der Waals surface area contributed by atoms with E-state index in [0.29, 0.717) is 5.69 Å². The van der Waals surface area contributed by atoms with Gasteiger partial charge in [0.1, 0.15) is 0 Å². The fraction of sp³-hybridized carbons (Fsp3) is 0.500. The standard InChI is InChI=1S/C8H10N2O4S/c11-8(12)3-6-1-2-9-10(6)7-4-15(13,14)5-7/h1-2,7H,3-5H2,(H,11,12). The molecule has 0 spiro atoms. The Hall–Kier alpha value is -1.37. The van der Waals surface area contributed by atoms with Crippen LogP contribution < -0.4 is 0 Å². The summed E-state index contributed by atoms with van der Waals surface area (Å²) in [5.41, 5.74) is 0.544. The largest absolute Gasteiger partial charge is 0.481 e. The molecule has 0 bridgehead atoms. The SMILES string of the molecule is O=C(O)Cc1ccnn1C1CS(=O)(=O)C1. The van der Waals surface area contributed by atoms with E-state index in [1.54, 1.807) is 6.07 Å². The smallest absolute Gasteiger partial charge is 0.309 e. The van der Waals surface area contributed by atoms with Crippen molar-refractivity contribution in [2.75, 3.05) is 11.5 Å². The zero-order valence-electron chi connectivity index (χ0n) is 7.83. The highest BCUT2D eigenvalue weighted by Gasteiger charge is 2.36. The van der Waals surface area contributed by atoms with E-state index >= 15 is 0 Å². The molecular formula is C8H10N2O4S. The zero-order chi connectivity index (χ0) is 11.1. The first-order valence-corrected chi connectivity index (χ1v) is 6.25. The summed E-state index contributed by atoms with van der Waals surface area (Å²) in [7, 11) is -2.91. The van der Waals surface area contributed by atoms with E-state index in [1.807, 2.05) is 0 Å². The average molecular weight is 230 g/mol. The van der Waals surface area contributed by atoms with E-state index < -0.39 is 15.8 Å². The highest BCUT2D eigenvalue weighted by atomic mass is 32.2. The van der Waals surface area contributed by atoms with Crippen molar-refractivity contribution in [3.8, 4) is 0 Å². The number of hydrogen-bond acceptors (Lipinski definition) is 4. The van der Waals surface area contributed by atoms with Crippen LogP contribution in [0.5, 0.6) is 0 Å². The molecule has 2 rings (SSSR count). The molecule has 1 aliphatic heterocycles. The molecule has 0 radical (unpaired) electrons. The van der Waals surface area contributed by atoms with Gasteiger partial charge in [0.05, 0.1) is 24.0 Å². The van der Waals surface area contributed by atoms with Crippen LogP contribution >= 0.6 is 0 Å². The lowest BCUT2D eigenvalue weighted by molar-refractivity contribution is -0.136. The van der Waals surface area contributed by atoms with Crippen molar-refractivity contribution in [3.05, 3.63) is 18.0 Å². The molecule has 7 heteroatoms. The zero-order valence-corrected chi connectivity index (χ0v) is 8.64. The van der Waals surface area contributed by atoms with Crippen molar-refractivity contribution in [3.63, 3.8) is 0 Å². The molecule has 1 aromatic heterocycles. The predicted molar refractivity (Wildman–Crippen MR) is 51.3 cm³/mol. The van der Waals surface area contributed by atoms with E-state index in [1.165, 1.54) is 10.9 Å². The Balaban J connectivity index is 2.16. The van der Waals surface area contributed by atoms with Gasteiger partial charge in [0.2, 0.25) is 0 Å². The van der Waals surface area contributed by atoms with Crippen molar-refractivity contribution in [2.45, 2.75) is 12.5 Å². The fourth-order valence-electron chi connectivity index (χ4n) is 1.64. The molecule has 82 valence electrons. The molecule has 0 amide bonds. The molecule has 6 nitrogen and oxygen atoms in total. The van der Waals surface area contributed by atoms with Crippen LogP contribution in [-0.2, 0) is 21.1 Å². The lowest BCUT2D eigenvalue weighted by Crippen LogP contribution is -2.39. The van der Waals surface area contributed by atoms with Crippen LogP contribution in [-0.4, -0.2) is 40.8 Å². The average Bonchev–Trinajstić information content (AvgIpc) is 2.46. The number of hydrogen-bond donors (Lipinski definition) is 1. The highest BCUT2D eigenvalue weighted by Crippen LogP contribution is 2.24. The predicted octanol–water partition coefficient (Wildman–Crippen LogP) is -0.520. The third-order valence-corrected chi connectivity index (χ3v) is 4.11. The molecule has 0 aromatic carbocycles. The lowest BCUT2D eigenvalue weighted by Gasteiger charge is -2.27. The number of sulfone groups is 1. The first-order chi connectivity index (χ1) is 6.98. The Kier molecular flexibility index (Phi) is 2.26. The Bertz CT molecular complexity index is 478. The molecule has 0 saturated carbocycles. The summed E-state index contributed by atoms with van der Waals surface area (Å²) in [5.74, 6) is -0.832. The highest BCUT2D eigenvalue weighted by molar-refractivity contribution is 7.92. The van der Waals surface area contributed by atoms with Gasteiger partial charge in [0, 0.05) is 11.9 Å². The van der Waals surface area contributed by atoms with Gasteiger partial charge in [-0.25, -0.2) is 8.42 Å². The Morgan fingerprint density at radius 1 is 1.60 bits per heavy atom. The van der Waals surface area contributed by atoms with Gasteiger partial charge >= 0.3 is 5.97 Å². The molecule has 1 aliphatic rings. The molecular weight excluding hydrogens is 220 g/mol. The van der Waals surface area contributed by atoms with Gasteiger partial charge in [-0.1, -0.05) is 0 Å². The first-order valence-electron chi connectivity index (χ1n) is 4.42. The van der Waals surface area contributed by atoms with Gasteiger partial charge in [-0.2, -0.15) is 5.10 Å². The van der Waals surface area contributed by atoms with Crippen LogP contribution in [0.1, 0.15) is 11.7 Å². The maximum absolute atomic E-state index is 11.0. The summed E-state index contributed by atoms with van der Waals surface area (Å²) in [6.45, 7) is 0. The number of aromatic nitrogens is 2. The van der Waals surface area contributed by atoms with Crippen LogP contribution in [0.25, 0.3) is 0 Å². The van der Waals surface area contributed by atoms with Crippen LogP contribution in [0.2, 0.25) is 0 Å². The van der Waals surface area contributed by atoms with Crippen molar-refractivity contribution < 1.29 is 18.3 Å². The number of carboxylic acids is 1. The molecule has 1 N–H and O–H groups in total. The van der Waals surface area contributed by atoms with E-state index in [4.69, 9.17) is 5.11 Å². The van der Waals surface area contributed by atoms with Gasteiger partial charge in [-0.05, 0) is 6.07 Å². The van der Waals surface area contributed by atoms with Crippen LogP contribution in [0.4, 0.5) is 0 Å². The Morgan fingerprint density at radius 2 is 2.27 bits per heavy atom. The van der Waals surface area contributed by atoms with Crippen molar-refractivity contribution >= 4 is 15.8 Å². The maximum Gasteiger partial charge on any atom is 0.309 e. The summed E-state index contributed by atoms with van der Waals surface area (Å²) >= 11 is 0. The summed E-state index contributed by atoms with van der Waals surface area (Å²) in [6, 6.07) is 1.40. The molecule has 2 heterocycles. The molecule has 15 heavy (non-hydrogen) atoms. The third kappa shape index (κ3) is 2.01. The summed E-state index contributed by atoms with van der Waals surface area (Å²) < 4.78 is 23.4. The van der Waals surface area contributed by atoms with E-state index in [0.717, 1.165) is 0 Å². The number of rotatable bonds is 3. The van der Waals surface area contributed by atoms with Crippen LogP contribution in [0.15, 0.2) is 12.3 Å². The van der Waals surface area contributed by atoms with Crippen LogP contribution in [0.3, 0.4) is 0 Å². The fourth-order valence-corrected chi connectivity index (χ4v) is 3.00. The van der Waals surface area contributed by atoms with Gasteiger partial charge in [0.25, 0.3) is 0 Å². The number of aliphatic carboxylic acids is 1. The second-order valence-corrected chi connectivity index (χ2v) is 5.72. The van der Waals surface area contributed by atoms with Gasteiger partial charge in [0.15, 0.2) is 9.84 Å². The lowest BCUT2D eigenvalue weighted by atomic mass is 10.3. The van der Waals surface area contributed by atoms with Crippen LogP contribution in [0, 0.1) is 0 Å². The minimum absolute atomic E-state index is 0.0568. The first kappa shape index (κ1) is 10.2. The third-order valence-electron chi connectivity index (χ3n) is 2.32. The Morgan fingerprint density at radius 3 is 2.80 bits per heavy atom. The van der Waals surface area contributed by atoms with Crippen molar-refractivity contribution in [1.29, 1.82) is 0 Å². The molecule has 1 aromatic rings. The minimum Gasteiger partial charge on any atom is -0.481 e. The van der Waals surface area contributed by atoms with E-state index in [-0.39, 0.29) is 24.0 Å².